The number of rotatable bonds is 3. The number of aryl methyl sites for hydroxylation is 1. The Morgan fingerprint density at radius 3 is 2.65 bits per heavy atom. The molecule has 2 N–H and O–H groups in total. The van der Waals surface area contributed by atoms with Crippen LogP contribution in [0, 0.1) is 6.92 Å². The first-order valence-electron chi connectivity index (χ1n) is 8.42. The summed E-state index contributed by atoms with van der Waals surface area (Å²) in [5, 5.41) is 11.9. The fourth-order valence-electron chi connectivity index (χ4n) is 3.93. The Labute approximate surface area is 136 Å². The Morgan fingerprint density at radius 2 is 1.91 bits per heavy atom. The first kappa shape index (κ1) is 15.1. The Balaban J connectivity index is 1.45. The second-order valence-electron chi connectivity index (χ2n) is 6.63. The van der Waals surface area contributed by atoms with Crippen LogP contribution in [-0.4, -0.2) is 53.6 Å². The van der Waals surface area contributed by atoms with Gasteiger partial charge >= 0.3 is 0 Å². The smallest absolute Gasteiger partial charge is 0.170 e. The molecule has 3 heterocycles. The molecule has 1 aromatic heterocycles. The van der Waals surface area contributed by atoms with Crippen LogP contribution in [-0.2, 0) is 9.47 Å². The van der Waals surface area contributed by atoms with Gasteiger partial charge in [-0.05, 0) is 13.0 Å². The summed E-state index contributed by atoms with van der Waals surface area (Å²) >= 11 is 0. The monoisotopic (exact) mass is 316 g/mol. The third-order valence-corrected chi connectivity index (χ3v) is 5.14. The average molecular weight is 316 g/mol. The number of hydrogen-bond acceptors (Lipinski definition) is 4. The molecular formula is C18H24N2O3. The number of ether oxygens (including phenoxy) is 2. The molecule has 2 aromatic rings. The van der Waals surface area contributed by atoms with Gasteiger partial charge in [0.2, 0.25) is 0 Å². The van der Waals surface area contributed by atoms with Crippen molar-refractivity contribution in [3.63, 3.8) is 0 Å². The number of nitrogens with zero attached hydrogens (tertiary/aromatic N) is 1. The van der Waals surface area contributed by atoms with Crippen LogP contribution in [0.2, 0.25) is 0 Å². The molecule has 0 radical (unpaired) electrons. The Bertz CT molecular complexity index is 681. The quantitative estimate of drug-likeness (QED) is 0.912. The molecule has 5 nitrogen and oxygen atoms in total. The molecule has 1 spiro atoms. The topological polar surface area (TPSA) is 57.7 Å². The average Bonchev–Trinajstić information content (AvgIpc) is 3.13. The van der Waals surface area contributed by atoms with Crippen LogP contribution in [0.25, 0.3) is 10.9 Å². The van der Waals surface area contributed by atoms with Crippen LogP contribution in [0.5, 0.6) is 0 Å². The zero-order valence-electron chi connectivity index (χ0n) is 13.5. The molecule has 2 saturated heterocycles. The predicted molar refractivity (Wildman–Crippen MR) is 88.3 cm³/mol. The maximum atomic E-state index is 10.8. The lowest BCUT2D eigenvalue weighted by Gasteiger charge is -2.38. The number of aliphatic hydroxyl groups excluding tert-OH is 1. The van der Waals surface area contributed by atoms with Crippen molar-refractivity contribution >= 4 is 10.9 Å². The molecule has 0 bridgehead atoms. The van der Waals surface area contributed by atoms with Gasteiger partial charge in [0.1, 0.15) is 0 Å². The molecular weight excluding hydrogens is 292 g/mol. The molecule has 2 aliphatic rings. The zero-order valence-corrected chi connectivity index (χ0v) is 13.5. The van der Waals surface area contributed by atoms with E-state index in [9.17, 15) is 5.11 Å². The summed E-state index contributed by atoms with van der Waals surface area (Å²) in [6.45, 7) is 5.90. The number of piperidine rings is 1. The van der Waals surface area contributed by atoms with Crippen molar-refractivity contribution in [2.45, 2.75) is 31.7 Å². The van der Waals surface area contributed by atoms with Gasteiger partial charge in [-0.3, -0.25) is 0 Å². The molecule has 4 rings (SSSR count). The first-order chi connectivity index (χ1) is 11.2. The molecule has 5 heteroatoms. The van der Waals surface area contributed by atoms with Crippen LogP contribution in [0.15, 0.2) is 24.3 Å². The van der Waals surface area contributed by atoms with Gasteiger partial charge in [0.25, 0.3) is 0 Å². The van der Waals surface area contributed by atoms with E-state index in [-0.39, 0.29) is 5.79 Å². The largest absolute Gasteiger partial charge is 0.387 e. The lowest BCUT2D eigenvalue weighted by atomic mass is 10.0. The van der Waals surface area contributed by atoms with Gasteiger partial charge in [0.05, 0.1) is 19.3 Å². The van der Waals surface area contributed by atoms with Gasteiger partial charge in [0, 0.05) is 54.6 Å². The maximum absolute atomic E-state index is 10.8. The Morgan fingerprint density at radius 1 is 1.22 bits per heavy atom. The number of aliphatic hydroxyl groups is 1. The van der Waals surface area contributed by atoms with Crippen molar-refractivity contribution in [2.75, 3.05) is 32.8 Å². The summed E-state index contributed by atoms with van der Waals surface area (Å²) in [7, 11) is 0. The number of nitrogens with one attached hydrogen (secondary N) is 1. The van der Waals surface area contributed by atoms with Crippen LogP contribution in [0.1, 0.15) is 30.2 Å². The number of likely N-dealkylation sites (tertiary alicyclic amines) is 1. The lowest BCUT2D eigenvalue weighted by Crippen LogP contribution is -2.46. The van der Waals surface area contributed by atoms with Crippen molar-refractivity contribution in [1.82, 2.24) is 9.88 Å². The summed E-state index contributed by atoms with van der Waals surface area (Å²) in [5.74, 6) is -0.349. The van der Waals surface area contributed by atoms with Gasteiger partial charge in [0.15, 0.2) is 5.79 Å². The summed E-state index contributed by atoms with van der Waals surface area (Å²) < 4.78 is 11.5. The van der Waals surface area contributed by atoms with E-state index in [0.29, 0.717) is 19.8 Å². The molecule has 23 heavy (non-hydrogen) atoms. The van der Waals surface area contributed by atoms with E-state index in [1.807, 2.05) is 19.1 Å². The third-order valence-electron chi connectivity index (χ3n) is 5.14. The summed E-state index contributed by atoms with van der Waals surface area (Å²) in [6, 6.07) is 8.16. The molecule has 0 saturated carbocycles. The number of aromatic amines is 1. The normalized spacial score (nSPS) is 22.9. The Kier molecular flexibility index (Phi) is 3.89. The molecule has 1 aromatic carbocycles. The highest BCUT2D eigenvalue weighted by Crippen LogP contribution is 2.33. The Hall–Kier alpha value is -1.40. The second-order valence-corrected chi connectivity index (χ2v) is 6.63. The van der Waals surface area contributed by atoms with Crippen molar-refractivity contribution in [2.24, 2.45) is 0 Å². The first-order valence-corrected chi connectivity index (χ1v) is 8.42. The highest BCUT2D eigenvalue weighted by molar-refractivity contribution is 5.84. The minimum absolute atomic E-state index is 0.349. The van der Waals surface area contributed by atoms with E-state index in [0.717, 1.165) is 48.1 Å². The van der Waals surface area contributed by atoms with Crippen LogP contribution >= 0.6 is 0 Å². The van der Waals surface area contributed by atoms with Gasteiger partial charge in [-0.15, -0.1) is 0 Å². The molecule has 2 aliphatic heterocycles. The number of hydrogen-bond donors (Lipinski definition) is 2. The van der Waals surface area contributed by atoms with E-state index >= 15 is 0 Å². The van der Waals surface area contributed by atoms with Gasteiger partial charge in [-0.2, -0.15) is 0 Å². The maximum Gasteiger partial charge on any atom is 0.170 e. The van der Waals surface area contributed by atoms with Crippen LogP contribution in [0.3, 0.4) is 0 Å². The standard InChI is InChI=1S/C18H24N2O3/c1-13-17(14-4-2-3-5-15(14)19-13)16(21)12-20-8-6-18(7-9-20)22-10-11-23-18/h2-5,16,19,21H,6-12H2,1H3/t16-/m0/s1. The summed E-state index contributed by atoms with van der Waals surface area (Å²) in [4.78, 5) is 5.67. The second kappa shape index (κ2) is 5.91. The van der Waals surface area contributed by atoms with E-state index < -0.39 is 6.10 Å². The molecule has 2 fully saturated rings. The third kappa shape index (κ3) is 2.78. The highest BCUT2D eigenvalue weighted by atomic mass is 16.7. The molecule has 0 amide bonds. The van der Waals surface area contributed by atoms with Crippen molar-refractivity contribution in [3.05, 3.63) is 35.5 Å². The van der Waals surface area contributed by atoms with Crippen LogP contribution in [0.4, 0.5) is 0 Å². The lowest BCUT2D eigenvalue weighted by molar-refractivity contribution is -0.186. The molecule has 1 atom stereocenters. The molecule has 0 aliphatic carbocycles. The SMILES string of the molecule is Cc1[nH]c2ccccc2c1[C@@H](O)CN1CCC2(CC1)OCCO2. The fourth-order valence-corrected chi connectivity index (χ4v) is 3.93. The number of benzene rings is 1. The number of para-hydroxylation sites is 1. The van der Waals surface area contributed by atoms with E-state index in [1.165, 1.54) is 0 Å². The summed E-state index contributed by atoms with van der Waals surface area (Å²) in [5.41, 5.74) is 3.16. The molecule has 124 valence electrons. The van der Waals surface area contributed by atoms with Gasteiger partial charge in [-0.25, -0.2) is 0 Å². The van der Waals surface area contributed by atoms with Crippen molar-refractivity contribution in [3.8, 4) is 0 Å². The number of H-pyrrole nitrogens is 1. The number of β-amino-alcohol motifs (C(OH)–C–C–N with tert-alkyl or cyclic N) is 1. The molecule has 0 unspecified atom stereocenters. The minimum Gasteiger partial charge on any atom is -0.387 e. The number of fused-ring (bicyclic) bond motifs is 1. The minimum atomic E-state index is -0.481. The zero-order chi connectivity index (χ0) is 15.9. The number of aromatic nitrogens is 1. The van der Waals surface area contributed by atoms with Crippen molar-refractivity contribution in [1.29, 1.82) is 0 Å². The van der Waals surface area contributed by atoms with Gasteiger partial charge in [-0.1, -0.05) is 18.2 Å². The van der Waals surface area contributed by atoms with Gasteiger partial charge < -0.3 is 24.5 Å². The summed E-state index contributed by atoms with van der Waals surface area (Å²) in [6.07, 6.45) is 1.28. The highest BCUT2D eigenvalue weighted by Gasteiger charge is 2.40. The van der Waals surface area contributed by atoms with E-state index in [2.05, 4.69) is 22.0 Å². The van der Waals surface area contributed by atoms with E-state index in [4.69, 9.17) is 9.47 Å². The van der Waals surface area contributed by atoms with E-state index in [1.54, 1.807) is 0 Å². The predicted octanol–water partition coefficient (Wildman–Crippen LogP) is 2.35. The van der Waals surface area contributed by atoms with Crippen LogP contribution < -0.4 is 0 Å². The fraction of sp³-hybridized carbons (Fsp3) is 0.556. The van der Waals surface area contributed by atoms with Crippen molar-refractivity contribution < 1.29 is 14.6 Å².